The van der Waals surface area contributed by atoms with Crippen LogP contribution in [0.15, 0.2) is 53.4 Å². The zero-order valence-electron chi connectivity index (χ0n) is 16.4. The third kappa shape index (κ3) is 4.78. The Morgan fingerprint density at radius 1 is 1.03 bits per heavy atom. The van der Waals surface area contributed by atoms with Gasteiger partial charge in [0.15, 0.2) is 0 Å². The van der Waals surface area contributed by atoms with E-state index >= 15 is 0 Å². The number of hydrogen-bond donors (Lipinski definition) is 1. The molecule has 0 radical (unpaired) electrons. The monoisotopic (exact) mass is 416 g/mol. The van der Waals surface area contributed by atoms with Gasteiger partial charge in [0.25, 0.3) is 0 Å². The van der Waals surface area contributed by atoms with E-state index in [1.165, 1.54) is 29.6 Å². The molecule has 0 saturated carbocycles. The zero-order valence-corrected chi connectivity index (χ0v) is 17.2. The standard InChI is InChI=1S/C21H24N2O5S/c1-27-19-8-4-3-7-16(19)9-12-21(24)22-18-15-17(10-11-20(18)28-2)29(25,26)23-13-5-6-14-23/h3-4,7-12,15H,5-6,13-14H2,1-2H3,(H,22,24)/b12-9+. The number of sulfonamides is 1. The van der Waals surface area contributed by atoms with Crippen LogP contribution in [0.3, 0.4) is 0 Å². The van der Waals surface area contributed by atoms with E-state index in [0.717, 1.165) is 18.4 Å². The van der Waals surface area contributed by atoms with Crippen LogP contribution in [0.4, 0.5) is 5.69 Å². The van der Waals surface area contributed by atoms with Crippen molar-refractivity contribution in [1.82, 2.24) is 4.31 Å². The molecule has 1 amide bonds. The number of anilines is 1. The number of para-hydroxylation sites is 1. The number of benzene rings is 2. The highest BCUT2D eigenvalue weighted by Crippen LogP contribution is 2.30. The lowest BCUT2D eigenvalue weighted by atomic mass is 10.2. The van der Waals surface area contributed by atoms with E-state index in [2.05, 4.69) is 5.32 Å². The van der Waals surface area contributed by atoms with Gasteiger partial charge in [0.05, 0.1) is 24.8 Å². The van der Waals surface area contributed by atoms with E-state index in [9.17, 15) is 13.2 Å². The topological polar surface area (TPSA) is 84.9 Å². The summed E-state index contributed by atoms with van der Waals surface area (Å²) in [6.45, 7) is 1.02. The lowest BCUT2D eigenvalue weighted by Crippen LogP contribution is -2.28. The van der Waals surface area contributed by atoms with Crippen LogP contribution in [0.25, 0.3) is 6.08 Å². The molecule has 1 aliphatic heterocycles. The Morgan fingerprint density at radius 2 is 1.72 bits per heavy atom. The summed E-state index contributed by atoms with van der Waals surface area (Å²) in [5, 5.41) is 2.70. The molecule has 1 saturated heterocycles. The maximum Gasteiger partial charge on any atom is 0.248 e. The van der Waals surface area contributed by atoms with Gasteiger partial charge in [-0.2, -0.15) is 4.31 Å². The molecule has 1 heterocycles. The normalized spacial score (nSPS) is 14.8. The van der Waals surface area contributed by atoms with Crippen LogP contribution in [0.1, 0.15) is 18.4 Å². The minimum Gasteiger partial charge on any atom is -0.496 e. The van der Waals surface area contributed by atoms with Gasteiger partial charge < -0.3 is 14.8 Å². The van der Waals surface area contributed by atoms with Crippen LogP contribution < -0.4 is 14.8 Å². The summed E-state index contributed by atoms with van der Waals surface area (Å²) in [6.07, 6.45) is 4.70. The van der Waals surface area contributed by atoms with Crippen molar-refractivity contribution in [2.24, 2.45) is 0 Å². The first kappa shape index (κ1) is 20.9. The van der Waals surface area contributed by atoms with Crippen molar-refractivity contribution in [3.63, 3.8) is 0 Å². The molecule has 0 bridgehead atoms. The van der Waals surface area contributed by atoms with Crippen molar-refractivity contribution in [1.29, 1.82) is 0 Å². The first-order valence-corrected chi connectivity index (χ1v) is 10.7. The minimum absolute atomic E-state index is 0.129. The Morgan fingerprint density at radius 3 is 2.41 bits per heavy atom. The summed E-state index contributed by atoms with van der Waals surface area (Å²) in [5.41, 5.74) is 1.05. The third-order valence-corrected chi connectivity index (χ3v) is 6.58. The molecular weight excluding hydrogens is 392 g/mol. The fraction of sp³-hybridized carbons (Fsp3) is 0.286. The van der Waals surface area contributed by atoms with E-state index < -0.39 is 15.9 Å². The molecule has 1 N–H and O–H groups in total. The number of carbonyl (C=O) groups is 1. The number of nitrogens with one attached hydrogen (secondary N) is 1. The van der Waals surface area contributed by atoms with Crippen molar-refractivity contribution < 1.29 is 22.7 Å². The number of amides is 1. The van der Waals surface area contributed by atoms with Gasteiger partial charge in [0.1, 0.15) is 11.5 Å². The molecule has 0 atom stereocenters. The number of carbonyl (C=O) groups excluding carboxylic acids is 1. The average molecular weight is 416 g/mol. The van der Waals surface area contributed by atoms with E-state index in [-0.39, 0.29) is 4.90 Å². The van der Waals surface area contributed by atoms with Gasteiger partial charge in [-0.05, 0) is 43.2 Å². The maximum absolute atomic E-state index is 12.8. The molecule has 0 spiro atoms. The summed E-state index contributed by atoms with van der Waals surface area (Å²) in [6, 6.07) is 11.8. The molecular formula is C21H24N2O5S. The Labute approximate surface area is 171 Å². The Balaban J connectivity index is 1.82. The largest absolute Gasteiger partial charge is 0.496 e. The van der Waals surface area contributed by atoms with E-state index in [1.807, 2.05) is 18.2 Å². The van der Waals surface area contributed by atoms with Gasteiger partial charge in [0.2, 0.25) is 15.9 Å². The fourth-order valence-electron chi connectivity index (χ4n) is 3.17. The van der Waals surface area contributed by atoms with Gasteiger partial charge in [0, 0.05) is 24.7 Å². The lowest BCUT2D eigenvalue weighted by Gasteiger charge is -2.17. The third-order valence-electron chi connectivity index (χ3n) is 4.68. The molecule has 2 aromatic carbocycles. The quantitative estimate of drug-likeness (QED) is 0.701. The molecule has 0 aliphatic carbocycles. The Bertz CT molecular complexity index is 1010. The molecule has 154 valence electrons. The summed E-state index contributed by atoms with van der Waals surface area (Å²) < 4.78 is 37.6. The highest BCUT2D eigenvalue weighted by Gasteiger charge is 2.28. The molecule has 8 heteroatoms. The molecule has 0 unspecified atom stereocenters. The summed E-state index contributed by atoms with van der Waals surface area (Å²) in [7, 11) is -0.572. The van der Waals surface area contributed by atoms with E-state index in [4.69, 9.17) is 9.47 Å². The van der Waals surface area contributed by atoms with Crippen molar-refractivity contribution in [3.8, 4) is 11.5 Å². The number of hydrogen-bond acceptors (Lipinski definition) is 5. The maximum atomic E-state index is 12.8. The zero-order chi connectivity index (χ0) is 20.9. The second kappa shape index (κ2) is 9.11. The van der Waals surface area contributed by atoms with Gasteiger partial charge in [-0.25, -0.2) is 8.42 Å². The van der Waals surface area contributed by atoms with E-state index in [1.54, 1.807) is 25.3 Å². The highest BCUT2D eigenvalue weighted by molar-refractivity contribution is 7.89. The van der Waals surface area contributed by atoms with Crippen LogP contribution in [-0.4, -0.2) is 45.9 Å². The van der Waals surface area contributed by atoms with Crippen molar-refractivity contribution in [3.05, 3.63) is 54.1 Å². The fourth-order valence-corrected chi connectivity index (χ4v) is 4.71. The second-order valence-corrected chi connectivity index (χ2v) is 8.48. The predicted octanol–water partition coefficient (Wildman–Crippen LogP) is 3.14. The predicted molar refractivity (Wildman–Crippen MR) is 112 cm³/mol. The minimum atomic E-state index is -3.59. The smallest absolute Gasteiger partial charge is 0.248 e. The number of ether oxygens (including phenoxy) is 2. The summed E-state index contributed by atoms with van der Waals surface area (Å²) in [5.74, 6) is 0.613. The van der Waals surface area contributed by atoms with Gasteiger partial charge in [-0.3, -0.25) is 4.79 Å². The highest BCUT2D eigenvalue weighted by atomic mass is 32.2. The molecule has 29 heavy (non-hydrogen) atoms. The van der Waals surface area contributed by atoms with Crippen molar-refractivity contribution in [2.45, 2.75) is 17.7 Å². The number of nitrogens with zero attached hydrogens (tertiary/aromatic N) is 1. The first-order valence-electron chi connectivity index (χ1n) is 9.26. The lowest BCUT2D eigenvalue weighted by molar-refractivity contribution is -0.111. The Kier molecular flexibility index (Phi) is 6.56. The number of methoxy groups -OCH3 is 2. The summed E-state index contributed by atoms with van der Waals surface area (Å²) in [4.78, 5) is 12.5. The molecule has 1 fully saturated rings. The number of rotatable bonds is 7. The summed E-state index contributed by atoms with van der Waals surface area (Å²) >= 11 is 0. The van der Waals surface area contributed by atoms with Crippen molar-refractivity contribution >= 4 is 27.7 Å². The molecule has 3 rings (SSSR count). The molecule has 7 nitrogen and oxygen atoms in total. The Hall–Kier alpha value is -2.84. The van der Waals surface area contributed by atoms with Gasteiger partial charge in [-0.1, -0.05) is 18.2 Å². The van der Waals surface area contributed by atoms with Crippen LogP contribution in [0.2, 0.25) is 0 Å². The molecule has 0 aromatic heterocycles. The van der Waals surface area contributed by atoms with E-state index in [0.29, 0.717) is 30.3 Å². The SMILES string of the molecule is COc1ccccc1/C=C/C(=O)Nc1cc(S(=O)(=O)N2CCCC2)ccc1OC. The van der Waals surface area contributed by atoms with Crippen LogP contribution in [0, 0.1) is 0 Å². The van der Waals surface area contributed by atoms with Crippen LogP contribution in [-0.2, 0) is 14.8 Å². The van der Waals surface area contributed by atoms with Crippen molar-refractivity contribution in [2.75, 3.05) is 32.6 Å². The molecule has 1 aliphatic rings. The average Bonchev–Trinajstić information content (AvgIpc) is 3.28. The second-order valence-electron chi connectivity index (χ2n) is 6.54. The first-order chi connectivity index (χ1) is 14.0. The van der Waals surface area contributed by atoms with Gasteiger partial charge in [-0.15, -0.1) is 0 Å². The molecule has 2 aromatic rings. The van der Waals surface area contributed by atoms with Crippen LogP contribution >= 0.6 is 0 Å². The van der Waals surface area contributed by atoms with Crippen LogP contribution in [0.5, 0.6) is 11.5 Å². The van der Waals surface area contributed by atoms with Gasteiger partial charge >= 0.3 is 0 Å².